The van der Waals surface area contributed by atoms with E-state index in [2.05, 4.69) is 25.6 Å². The van der Waals surface area contributed by atoms with Crippen LogP contribution in [0, 0.1) is 6.92 Å². The molecule has 2 rings (SSSR count). The normalized spacial score (nSPS) is 10.3. The number of amides is 1. The predicted molar refractivity (Wildman–Crippen MR) is 70.4 cm³/mol. The summed E-state index contributed by atoms with van der Waals surface area (Å²) in [5, 5.41) is 10.1. The molecule has 0 atom stereocenters. The highest BCUT2D eigenvalue weighted by atomic mass is 16.5. The summed E-state index contributed by atoms with van der Waals surface area (Å²) in [7, 11) is 1.49. The number of aryl methyl sites for hydroxylation is 1. The molecule has 9 nitrogen and oxygen atoms in total. The van der Waals surface area contributed by atoms with Crippen LogP contribution in [0.15, 0.2) is 12.3 Å². The molecule has 0 aromatic carbocycles. The van der Waals surface area contributed by atoms with Gasteiger partial charge in [-0.1, -0.05) is 5.21 Å². The smallest absolute Gasteiger partial charge is 0.280 e. The highest BCUT2D eigenvalue weighted by Crippen LogP contribution is 2.11. The largest absolute Gasteiger partial charge is 0.481 e. The van der Waals surface area contributed by atoms with Crippen LogP contribution < -0.4 is 15.8 Å². The molecule has 0 unspecified atom stereocenters. The van der Waals surface area contributed by atoms with Crippen LogP contribution in [0.1, 0.15) is 16.2 Å². The number of hydrogen-bond acceptors (Lipinski definition) is 7. The summed E-state index contributed by atoms with van der Waals surface area (Å²) in [5.74, 6) is 0.0840. The second-order valence-electron chi connectivity index (χ2n) is 3.98. The fourth-order valence-electron chi connectivity index (χ4n) is 1.51. The van der Waals surface area contributed by atoms with Crippen molar-refractivity contribution in [3.63, 3.8) is 0 Å². The number of carbonyl (C=O) groups is 1. The quantitative estimate of drug-likeness (QED) is 0.762. The zero-order chi connectivity index (χ0) is 14.5. The molecule has 0 spiro atoms. The lowest BCUT2D eigenvalue weighted by atomic mass is 10.4. The van der Waals surface area contributed by atoms with E-state index in [0.717, 1.165) is 0 Å². The number of nitrogens with zero attached hydrogens (tertiary/aromatic N) is 5. The maximum atomic E-state index is 12.0. The first-order valence-electron chi connectivity index (χ1n) is 5.93. The Kier molecular flexibility index (Phi) is 4.20. The topological polar surface area (TPSA) is 121 Å². The molecule has 106 valence electrons. The molecule has 0 saturated carbocycles. The van der Waals surface area contributed by atoms with Gasteiger partial charge >= 0.3 is 0 Å². The first-order chi connectivity index (χ1) is 9.62. The second-order valence-corrected chi connectivity index (χ2v) is 3.98. The van der Waals surface area contributed by atoms with E-state index in [9.17, 15) is 4.79 Å². The molecule has 0 saturated heterocycles. The number of anilines is 1. The molecule has 0 aliphatic carbocycles. The second kappa shape index (κ2) is 6.06. The molecule has 0 bridgehead atoms. The average molecular weight is 277 g/mol. The van der Waals surface area contributed by atoms with E-state index in [1.165, 1.54) is 18.0 Å². The number of ether oxygens (including phenoxy) is 1. The summed E-state index contributed by atoms with van der Waals surface area (Å²) < 4.78 is 6.50. The van der Waals surface area contributed by atoms with Gasteiger partial charge in [0.15, 0.2) is 5.69 Å². The van der Waals surface area contributed by atoms with Crippen molar-refractivity contribution in [1.29, 1.82) is 0 Å². The number of aromatic nitrogens is 5. The Bertz CT molecular complexity index is 611. The van der Waals surface area contributed by atoms with Crippen molar-refractivity contribution < 1.29 is 9.53 Å². The van der Waals surface area contributed by atoms with Crippen LogP contribution in [0.3, 0.4) is 0 Å². The molecule has 2 aromatic heterocycles. The van der Waals surface area contributed by atoms with Crippen molar-refractivity contribution in [3.8, 4) is 5.88 Å². The Balaban J connectivity index is 2.12. The van der Waals surface area contributed by atoms with Crippen LogP contribution >= 0.6 is 0 Å². The summed E-state index contributed by atoms with van der Waals surface area (Å²) in [6.07, 6.45) is 1.51. The summed E-state index contributed by atoms with van der Waals surface area (Å²) in [4.78, 5) is 20.1. The lowest BCUT2D eigenvalue weighted by Crippen LogP contribution is -2.15. The molecule has 2 aromatic rings. The molecule has 3 N–H and O–H groups in total. The zero-order valence-corrected chi connectivity index (χ0v) is 11.2. The summed E-state index contributed by atoms with van der Waals surface area (Å²) in [6.45, 7) is 2.69. The van der Waals surface area contributed by atoms with Gasteiger partial charge in [-0.05, 0) is 6.92 Å². The molecule has 0 radical (unpaired) electrons. The highest BCUT2D eigenvalue weighted by molar-refractivity contribution is 6.01. The highest BCUT2D eigenvalue weighted by Gasteiger charge is 2.13. The van der Waals surface area contributed by atoms with Crippen molar-refractivity contribution in [2.24, 2.45) is 5.73 Å². The van der Waals surface area contributed by atoms with Crippen molar-refractivity contribution in [1.82, 2.24) is 25.0 Å². The Morgan fingerprint density at radius 3 is 3.00 bits per heavy atom. The average Bonchev–Trinajstić information content (AvgIpc) is 2.87. The minimum atomic E-state index is -0.444. The lowest BCUT2D eigenvalue weighted by Gasteiger charge is -2.04. The van der Waals surface area contributed by atoms with E-state index in [1.807, 2.05) is 0 Å². The standard InChI is InChI=1S/C11H15N7O2/c1-7-5-9(20-2)14-11(13-7)15-10(19)8-6-18(4-3-12)17-16-8/h5-6H,3-4,12H2,1-2H3,(H,13,14,15,19). The number of carbonyl (C=O) groups excluding carboxylic acids is 1. The first-order valence-corrected chi connectivity index (χ1v) is 5.93. The van der Waals surface area contributed by atoms with Crippen LogP contribution in [-0.2, 0) is 6.54 Å². The van der Waals surface area contributed by atoms with Gasteiger partial charge in [-0.15, -0.1) is 5.10 Å². The molecule has 2 heterocycles. The lowest BCUT2D eigenvalue weighted by molar-refractivity contribution is 0.102. The third kappa shape index (κ3) is 3.26. The summed E-state index contributed by atoms with van der Waals surface area (Å²) >= 11 is 0. The molecular weight excluding hydrogens is 262 g/mol. The van der Waals surface area contributed by atoms with Crippen LogP contribution in [-0.4, -0.2) is 44.5 Å². The van der Waals surface area contributed by atoms with Gasteiger partial charge in [0.05, 0.1) is 19.9 Å². The Morgan fingerprint density at radius 2 is 2.30 bits per heavy atom. The minimum absolute atomic E-state index is 0.153. The monoisotopic (exact) mass is 277 g/mol. The third-order valence-electron chi connectivity index (χ3n) is 2.39. The molecule has 0 aliphatic heterocycles. The van der Waals surface area contributed by atoms with Crippen molar-refractivity contribution in [2.45, 2.75) is 13.5 Å². The Labute approximate surface area is 115 Å². The van der Waals surface area contributed by atoms with Gasteiger partial charge < -0.3 is 10.5 Å². The number of methoxy groups -OCH3 is 1. The van der Waals surface area contributed by atoms with Gasteiger partial charge in [-0.2, -0.15) is 4.98 Å². The van der Waals surface area contributed by atoms with Crippen molar-refractivity contribution in [2.75, 3.05) is 19.0 Å². The number of nitrogens with one attached hydrogen (secondary N) is 1. The van der Waals surface area contributed by atoms with Crippen LogP contribution in [0.4, 0.5) is 5.95 Å². The molecule has 20 heavy (non-hydrogen) atoms. The number of rotatable bonds is 5. The van der Waals surface area contributed by atoms with E-state index >= 15 is 0 Å². The zero-order valence-electron chi connectivity index (χ0n) is 11.2. The van der Waals surface area contributed by atoms with E-state index in [0.29, 0.717) is 24.7 Å². The maximum Gasteiger partial charge on any atom is 0.280 e. The molecular formula is C11H15N7O2. The molecule has 9 heteroatoms. The van der Waals surface area contributed by atoms with E-state index in [1.54, 1.807) is 13.0 Å². The van der Waals surface area contributed by atoms with E-state index in [4.69, 9.17) is 10.5 Å². The summed E-state index contributed by atoms with van der Waals surface area (Å²) in [5.41, 5.74) is 6.24. The van der Waals surface area contributed by atoms with Gasteiger partial charge in [-0.3, -0.25) is 14.8 Å². The van der Waals surface area contributed by atoms with E-state index in [-0.39, 0.29) is 11.6 Å². The van der Waals surface area contributed by atoms with Gasteiger partial charge in [0.25, 0.3) is 5.91 Å². The fraction of sp³-hybridized carbons (Fsp3) is 0.364. The summed E-state index contributed by atoms with van der Waals surface area (Å²) in [6, 6.07) is 1.66. The van der Waals surface area contributed by atoms with Crippen LogP contribution in [0.2, 0.25) is 0 Å². The van der Waals surface area contributed by atoms with Gasteiger partial charge in [0.2, 0.25) is 11.8 Å². The molecule has 0 aliphatic rings. The van der Waals surface area contributed by atoms with Gasteiger partial charge in [0, 0.05) is 18.3 Å². The number of nitrogens with two attached hydrogens (primary N) is 1. The molecule has 1 amide bonds. The Hall–Kier alpha value is -2.55. The SMILES string of the molecule is COc1cc(C)nc(NC(=O)c2cn(CCN)nn2)n1. The van der Waals surface area contributed by atoms with Crippen LogP contribution in [0.5, 0.6) is 5.88 Å². The van der Waals surface area contributed by atoms with Crippen molar-refractivity contribution >= 4 is 11.9 Å². The van der Waals surface area contributed by atoms with Gasteiger partial charge in [-0.25, -0.2) is 4.98 Å². The maximum absolute atomic E-state index is 12.0. The number of hydrogen-bond donors (Lipinski definition) is 2. The van der Waals surface area contributed by atoms with E-state index < -0.39 is 5.91 Å². The van der Waals surface area contributed by atoms with Gasteiger partial charge in [0.1, 0.15) is 0 Å². The first kappa shape index (κ1) is 13.9. The predicted octanol–water partition coefficient (Wildman–Crippen LogP) is -0.404. The Morgan fingerprint density at radius 1 is 1.50 bits per heavy atom. The minimum Gasteiger partial charge on any atom is -0.481 e. The fourth-order valence-corrected chi connectivity index (χ4v) is 1.51. The third-order valence-corrected chi connectivity index (χ3v) is 2.39. The van der Waals surface area contributed by atoms with Crippen molar-refractivity contribution in [3.05, 3.63) is 23.7 Å². The van der Waals surface area contributed by atoms with Crippen LogP contribution in [0.25, 0.3) is 0 Å². The molecule has 0 fully saturated rings.